The molecule has 2 heterocycles. The Balaban J connectivity index is 1.55. The summed E-state index contributed by atoms with van der Waals surface area (Å²) in [5.41, 5.74) is 3.63. The van der Waals surface area contributed by atoms with Gasteiger partial charge in [0.15, 0.2) is 4.34 Å². The first-order chi connectivity index (χ1) is 18.2. The number of halogens is 2. The Kier molecular flexibility index (Phi) is 7.34. The van der Waals surface area contributed by atoms with Crippen LogP contribution in [0.25, 0.3) is 5.76 Å². The van der Waals surface area contributed by atoms with Crippen molar-refractivity contribution in [2.75, 3.05) is 4.90 Å². The maximum atomic E-state index is 13.4. The lowest BCUT2D eigenvalue weighted by Crippen LogP contribution is -2.29. The number of carbonyl (C=O) groups is 2. The fraction of sp³-hybridized carbons (Fsp3) is 0.143. The zero-order chi connectivity index (χ0) is 27.0. The Bertz CT molecular complexity index is 1570. The largest absolute Gasteiger partial charge is 0.507 e. The normalized spacial score (nSPS) is 16.8. The maximum absolute atomic E-state index is 13.4. The van der Waals surface area contributed by atoms with Gasteiger partial charge < -0.3 is 5.11 Å². The summed E-state index contributed by atoms with van der Waals surface area (Å²) in [6.45, 7) is 3.72. The van der Waals surface area contributed by atoms with Crippen molar-refractivity contribution >= 4 is 57.3 Å². The van der Waals surface area contributed by atoms with E-state index in [0.717, 1.165) is 28.0 Å². The zero-order valence-electron chi connectivity index (χ0n) is 20.3. The number of aliphatic hydroxyl groups is 1. The summed E-state index contributed by atoms with van der Waals surface area (Å²) in [4.78, 5) is 28.0. The lowest BCUT2D eigenvalue weighted by atomic mass is 9.93. The van der Waals surface area contributed by atoms with E-state index in [4.69, 9.17) is 11.6 Å². The van der Waals surface area contributed by atoms with Crippen molar-refractivity contribution in [1.29, 1.82) is 0 Å². The molecule has 38 heavy (non-hydrogen) atoms. The number of anilines is 1. The van der Waals surface area contributed by atoms with Crippen LogP contribution in [-0.4, -0.2) is 27.0 Å². The molecule has 1 aromatic heterocycles. The second-order valence-corrected chi connectivity index (χ2v) is 11.4. The SMILES string of the molecule is Cc1ccc(C)c(C(O)=C2C(=O)C(=O)N(c3nnc(SCc4ccc(F)cc4)s3)C2c2ccc(Cl)cc2)c1. The number of benzene rings is 3. The highest BCUT2D eigenvalue weighted by Gasteiger charge is 2.48. The quantitative estimate of drug-likeness (QED) is 0.0903. The third-order valence-corrected chi connectivity index (χ3v) is 8.53. The molecule has 0 aliphatic carbocycles. The van der Waals surface area contributed by atoms with E-state index in [0.29, 0.717) is 26.2 Å². The smallest absolute Gasteiger partial charge is 0.301 e. The molecule has 0 bridgehead atoms. The predicted molar refractivity (Wildman–Crippen MR) is 148 cm³/mol. The van der Waals surface area contributed by atoms with E-state index in [1.165, 1.54) is 28.8 Å². The van der Waals surface area contributed by atoms with Gasteiger partial charge in [-0.1, -0.05) is 76.7 Å². The molecule has 10 heteroatoms. The summed E-state index contributed by atoms with van der Waals surface area (Å²) >= 11 is 8.66. The maximum Gasteiger partial charge on any atom is 0.301 e. The molecule has 192 valence electrons. The van der Waals surface area contributed by atoms with E-state index in [2.05, 4.69) is 10.2 Å². The molecule has 1 N–H and O–H groups in total. The highest BCUT2D eigenvalue weighted by molar-refractivity contribution is 8.00. The van der Waals surface area contributed by atoms with Crippen molar-refractivity contribution in [1.82, 2.24) is 10.2 Å². The van der Waals surface area contributed by atoms with Crippen molar-refractivity contribution in [3.05, 3.63) is 111 Å². The standard InChI is InChI=1S/C28H21ClFN3O3S2/c1-15-3-4-16(2)21(13-15)24(34)22-23(18-7-9-19(29)10-8-18)33(26(36)25(22)35)27-31-32-28(38-27)37-14-17-5-11-20(30)12-6-17/h3-13,23,34H,14H2,1-2H3. The number of aromatic nitrogens is 2. The molecule has 1 atom stereocenters. The van der Waals surface area contributed by atoms with Gasteiger partial charge in [0.25, 0.3) is 5.78 Å². The fourth-order valence-corrected chi connectivity index (χ4v) is 6.16. The number of hydrogen-bond donors (Lipinski definition) is 1. The first-order valence-corrected chi connectivity index (χ1v) is 13.8. The van der Waals surface area contributed by atoms with Gasteiger partial charge in [-0.2, -0.15) is 0 Å². The van der Waals surface area contributed by atoms with Gasteiger partial charge >= 0.3 is 5.91 Å². The summed E-state index contributed by atoms with van der Waals surface area (Å²) in [5, 5.41) is 20.5. The van der Waals surface area contributed by atoms with Crippen LogP contribution in [0.2, 0.25) is 5.02 Å². The molecule has 1 fully saturated rings. The van der Waals surface area contributed by atoms with Gasteiger partial charge in [0, 0.05) is 16.3 Å². The molecule has 0 radical (unpaired) electrons. The first kappa shape index (κ1) is 26.1. The van der Waals surface area contributed by atoms with Gasteiger partial charge in [-0.3, -0.25) is 14.5 Å². The third kappa shape index (κ3) is 5.09. The average Bonchev–Trinajstić information content (AvgIpc) is 3.47. The Morgan fingerprint density at radius 1 is 1.05 bits per heavy atom. The molecule has 1 aliphatic rings. The number of amides is 1. The van der Waals surface area contributed by atoms with E-state index in [-0.39, 0.29) is 22.3 Å². The van der Waals surface area contributed by atoms with Gasteiger partial charge in [0.1, 0.15) is 11.6 Å². The Hall–Kier alpha value is -3.53. The van der Waals surface area contributed by atoms with Crippen LogP contribution < -0.4 is 4.90 Å². The summed E-state index contributed by atoms with van der Waals surface area (Å²) in [5.74, 6) is -1.64. The summed E-state index contributed by atoms with van der Waals surface area (Å²) in [6.07, 6.45) is 0. The molecule has 1 aliphatic heterocycles. The van der Waals surface area contributed by atoms with Crippen LogP contribution >= 0.6 is 34.7 Å². The molecule has 1 unspecified atom stereocenters. The minimum Gasteiger partial charge on any atom is -0.507 e. The van der Waals surface area contributed by atoms with Gasteiger partial charge in [-0.25, -0.2) is 4.39 Å². The van der Waals surface area contributed by atoms with Crippen molar-refractivity contribution in [3.8, 4) is 0 Å². The Labute approximate surface area is 231 Å². The van der Waals surface area contributed by atoms with Gasteiger partial charge in [-0.15, -0.1) is 10.2 Å². The molecule has 0 spiro atoms. The third-order valence-electron chi connectivity index (χ3n) is 6.16. The predicted octanol–water partition coefficient (Wildman–Crippen LogP) is 6.87. The van der Waals surface area contributed by atoms with Crippen LogP contribution in [0.4, 0.5) is 9.52 Å². The number of aryl methyl sites for hydroxylation is 2. The monoisotopic (exact) mass is 565 g/mol. The number of rotatable bonds is 6. The molecule has 4 aromatic rings. The first-order valence-electron chi connectivity index (χ1n) is 11.6. The molecular formula is C28H21ClFN3O3S2. The van der Waals surface area contributed by atoms with Crippen LogP contribution in [0.1, 0.15) is 33.9 Å². The fourth-order valence-electron chi connectivity index (χ4n) is 4.21. The minimum absolute atomic E-state index is 0.0262. The van der Waals surface area contributed by atoms with Gasteiger partial charge in [0.05, 0.1) is 11.6 Å². The van der Waals surface area contributed by atoms with E-state index in [1.54, 1.807) is 42.5 Å². The molecule has 5 rings (SSSR count). The van der Waals surface area contributed by atoms with E-state index < -0.39 is 17.7 Å². The summed E-state index contributed by atoms with van der Waals surface area (Å²) < 4.78 is 13.8. The second kappa shape index (κ2) is 10.7. The highest BCUT2D eigenvalue weighted by atomic mass is 35.5. The summed E-state index contributed by atoms with van der Waals surface area (Å²) in [7, 11) is 0. The molecule has 3 aromatic carbocycles. The van der Waals surface area contributed by atoms with E-state index in [9.17, 15) is 19.1 Å². The van der Waals surface area contributed by atoms with Crippen LogP contribution in [-0.2, 0) is 15.3 Å². The summed E-state index contributed by atoms with van der Waals surface area (Å²) in [6, 6.07) is 17.6. The van der Waals surface area contributed by atoms with Crippen molar-refractivity contribution in [2.24, 2.45) is 0 Å². The van der Waals surface area contributed by atoms with Gasteiger partial charge in [-0.05, 0) is 60.9 Å². The van der Waals surface area contributed by atoms with Crippen LogP contribution in [0.3, 0.4) is 0 Å². The molecule has 1 amide bonds. The average molecular weight is 566 g/mol. The topological polar surface area (TPSA) is 83.4 Å². The zero-order valence-corrected chi connectivity index (χ0v) is 22.7. The number of thioether (sulfide) groups is 1. The Morgan fingerprint density at radius 2 is 1.76 bits per heavy atom. The van der Waals surface area contributed by atoms with Crippen LogP contribution in [0, 0.1) is 19.7 Å². The number of Topliss-reactive ketones (excluding diaryl/α,β-unsaturated/α-hetero) is 1. The number of ketones is 1. The number of carbonyl (C=O) groups excluding carboxylic acids is 2. The molecule has 1 saturated heterocycles. The molecule has 0 saturated carbocycles. The van der Waals surface area contributed by atoms with Crippen LogP contribution in [0.5, 0.6) is 0 Å². The number of nitrogens with zero attached hydrogens (tertiary/aromatic N) is 3. The number of hydrogen-bond acceptors (Lipinski definition) is 7. The van der Waals surface area contributed by atoms with Crippen molar-refractivity contribution < 1.29 is 19.1 Å². The van der Waals surface area contributed by atoms with Gasteiger partial charge in [0.2, 0.25) is 5.13 Å². The van der Waals surface area contributed by atoms with Crippen LogP contribution in [0.15, 0.2) is 76.6 Å². The lowest BCUT2D eigenvalue weighted by Gasteiger charge is -2.22. The number of aliphatic hydroxyl groups excluding tert-OH is 1. The lowest BCUT2D eigenvalue weighted by molar-refractivity contribution is -0.132. The molecular weight excluding hydrogens is 545 g/mol. The van der Waals surface area contributed by atoms with E-state index in [1.807, 2.05) is 26.0 Å². The van der Waals surface area contributed by atoms with Crippen molar-refractivity contribution in [3.63, 3.8) is 0 Å². The molecule has 6 nitrogen and oxygen atoms in total. The minimum atomic E-state index is -0.921. The highest BCUT2D eigenvalue weighted by Crippen LogP contribution is 2.44. The Morgan fingerprint density at radius 3 is 2.47 bits per heavy atom. The second-order valence-electron chi connectivity index (χ2n) is 8.80. The van der Waals surface area contributed by atoms with Crippen molar-refractivity contribution in [2.45, 2.75) is 30.0 Å². The van der Waals surface area contributed by atoms with E-state index >= 15 is 0 Å².